The summed E-state index contributed by atoms with van der Waals surface area (Å²) in [6, 6.07) is 5.27. The fraction of sp³-hybridized carbons (Fsp3) is 0.462. The molecule has 0 radical (unpaired) electrons. The van der Waals surface area contributed by atoms with Gasteiger partial charge in [0.2, 0.25) is 0 Å². The largest absolute Gasteiger partial charge is 0.409 e. The molecule has 0 aromatic heterocycles. The minimum absolute atomic E-state index is 0.0709. The SMILES string of the molecule is CCOCCN(CC)c1cc(Cl)ccc1C(N)=NO. The average Bonchev–Trinajstić information content (AvgIpc) is 2.43. The lowest BCUT2D eigenvalue weighted by molar-refractivity contribution is 0.154. The van der Waals surface area contributed by atoms with Crippen molar-refractivity contribution in [1.29, 1.82) is 0 Å². The monoisotopic (exact) mass is 285 g/mol. The Morgan fingerprint density at radius 1 is 1.47 bits per heavy atom. The summed E-state index contributed by atoms with van der Waals surface area (Å²) in [5.41, 5.74) is 7.19. The summed E-state index contributed by atoms with van der Waals surface area (Å²) < 4.78 is 5.36. The van der Waals surface area contributed by atoms with E-state index in [4.69, 9.17) is 27.3 Å². The molecule has 0 aliphatic rings. The number of benzene rings is 1. The van der Waals surface area contributed by atoms with Crippen molar-refractivity contribution < 1.29 is 9.94 Å². The van der Waals surface area contributed by atoms with Gasteiger partial charge in [0.15, 0.2) is 5.84 Å². The Bertz CT molecular complexity index is 438. The van der Waals surface area contributed by atoms with E-state index >= 15 is 0 Å². The molecule has 6 heteroatoms. The van der Waals surface area contributed by atoms with E-state index in [1.165, 1.54) is 0 Å². The zero-order chi connectivity index (χ0) is 14.3. The van der Waals surface area contributed by atoms with E-state index in [-0.39, 0.29) is 5.84 Å². The molecule has 0 aliphatic carbocycles. The van der Waals surface area contributed by atoms with Crippen molar-refractivity contribution in [3.8, 4) is 0 Å². The van der Waals surface area contributed by atoms with E-state index in [2.05, 4.69) is 10.1 Å². The van der Waals surface area contributed by atoms with E-state index in [1.54, 1.807) is 12.1 Å². The molecular formula is C13H20ClN3O2. The second kappa shape index (κ2) is 7.86. The molecule has 0 saturated carbocycles. The summed E-state index contributed by atoms with van der Waals surface area (Å²) in [5, 5.41) is 12.5. The lowest BCUT2D eigenvalue weighted by Gasteiger charge is -2.25. The van der Waals surface area contributed by atoms with Crippen LogP contribution in [-0.2, 0) is 4.74 Å². The van der Waals surface area contributed by atoms with Crippen LogP contribution in [0.4, 0.5) is 5.69 Å². The van der Waals surface area contributed by atoms with Crippen LogP contribution in [0.25, 0.3) is 0 Å². The van der Waals surface area contributed by atoms with Crippen LogP contribution in [0.15, 0.2) is 23.4 Å². The number of likely N-dealkylation sites (N-methyl/N-ethyl adjacent to an activating group) is 1. The van der Waals surface area contributed by atoms with Crippen LogP contribution in [0.1, 0.15) is 19.4 Å². The summed E-state index contributed by atoms with van der Waals surface area (Å²) in [6.45, 7) is 6.78. The molecule has 0 spiro atoms. The van der Waals surface area contributed by atoms with Crippen LogP contribution in [0.5, 0.6) is 0 Å². The van der Waals surface area contributed by atoms with Crippen molar-refractivity contribution in [2.75, 3.05) is 31.2 Å². The Kier molecular flexibility index (Phi) is 6.45. The average molecular weight is 286 g/mol. The first-order chi connectivity index (χ1) is 9.13. The van der Waals surface area contributed by atoms with Gasteiger partial charge in [0.25, 0.3) is 0 Å². The number of ether oxygens (including phenoxy) is 1. The number of anilines is 1. The molecule has 0 saturated heterocycles. The Hall–Kier alpha value is -1.46. The number of oxime groups is 1. The van der Waals surface area contributed by atoms with Gasteiger partial charge in [0.1, 0.15) is 0 Å². The third kappa shape index (κ3) is 4.29. The van der Waals surface area contributed by atoms with Crippen molar-refractivity contribution in [1.82, 2.24) is 0 Å². The first kappa shape index (κ1) is 15.6. The highest BCUT2D eigenvalue weighted by Gasteiger charge is 2.13. The molecule has 1 rings (SSSR count). The summed E-state index contributed by atoms with van der Waals surface area (Å²) in [6.07, 6.45) is 0. The molecule has 3 N–H and O–H groups in total. The van der Waals surface area contributed by atoms with E-state index in [9.17, 15) is 0 Å². The molecule has 1 aromatic carbocycles. The maximum absolute atomic E-state index is 8.84. The predicted octanol–water partition coefficient (Wildman–Crippen LogP) is 2.30. The molecule has 0 bridgehead atoms. The van der Waals surface area contributed by atoms with Crippen LogP contribution in [-0.4, -0.2) is 37.3 Å². The Morgan fingerprint density at radius 3 is 2.79 bits per heavy atom. The Balaban J connectivity index is 3.03. The molecule has 106 valence electrons. The number of hydrogen-bond acceptors (Lipinski definition) is 4. The fourth-order valence-electron chi connectivity index (χ4n) is 1.80. The van der Waals surface area contributed by atoms with Crippen LogP contribution in [0.2, 0.25) is 5.02 Å². The molecule has 0 atom stereocenters. The lowest BCUT2D eigenvalue weighted by Crippen LogP contribution is -2.30. The quantitative estimate of drug-likeness (QED) is 0.265. The second-order valence-corrected chi connectivity index (χ2v) is 4.36. The number of halogens is 1. The number of hydrogen-bond donors (Lipinski definition) is 2. The summed E-state index contributed by atoms with van der Waals surface area (Å²) in [5.74, 6) is 0.0709. The van der Waals surface area contributed by atoms with Crippen LogP contribution >= 0.6 is 11.6 Å². The third-order valence-electron chi connectivity index (χ3n) is 2.78. The number of amidine groups is 1. The van der Waals surface area contributed by atoms with Gasteiger partial charge in [-0.15, -0.1) is 0 Å². The normalized spacial score (nSPS) is 11.6. The highest BCUT2D eigenvalue weighted by Crippen LogP contribution is 2.24. The number of rotatable bonds is 7. The van der Waals surface area contributed by atoms with Crippen molar-refractivity contribution >= 4 is 23.1 Å². The van der Waals surface area contributed by atoms with Crippen LogP contribution in [0.3, 0.4) is 0 Å². The highest BCUT2D eigenvalue weighted by molar-refractivity contribution is 6.31. The van der Waals surface area contributed by atoms with Gasteiger partial charge in [-0.05, 0) is 32.0 Å². The number of nitrogens with two attached hydrogens (primary N) is 1. The minimum Gasteiger partial charge on any atom is -0.409 e. The lowest BCUT2D eigenvalue weighted by atomic mass is 10.1. The van der Waals surface area contributed by atoms with Gasteiger partial charge in [-0.2, -0.15) is 0 Å². The van der Waals surface area contributed by atoms with Gasteiger partial charge in [-0.3, -0.25) is 0 Å². The minimum atomic E-state index is 0.0709. The van der Waals surface area contributed by atoms with E-state index in [0.29, 0.717) is 23.8 Å². The zero-order valence-corrected chi connectivity index (χ0v) is 12.0. The zero-order valence-electron chi connectivity index (χ0n) is 11.3. The molecule has 1 aromatic rings. The van der Waals surface area contributed by atoms with Crippen molar-refractivity contribution in [3.63, 3.8) is 0 Å². The fourth-order valence-corrected chi connectivity index (χ4v) is 1.97. The topological polar surface area (TPSA) is 71.1 Å². The van der Waals surface area contributed by atoms with Crippen molar-refractivity contribution in [3.05, 3.63) is 28.8 Å². The third-order valence-corrected chi connectivity index (χ3v) is 3.01. The van der Waals surface area contributed by atoms with Gasteiger partial charge in [0, 0.05) is 36.0 Å². The highest BCUT2D eigenvalue weighted by atomic mass is 35.5. The van der Waals surface area contributed by atoms with Gasteiger partial charge >= 0.3 is 0 Å². The maximum atomic E-state index is 8.84. The number of nitrogens with zero attached hydrogens (tertiary/aromatic N) is 2. The molecule has 5 nitrogen and oxygen atoms in total. The molecule has 0 heterocycles. The van der Waals surface area contributed by atoms with Gasteiger partial charge in [-0.1, -0.05) is 16.8 Å². The standard InChI is InChI=1S/C13H20ClN3O2/c1-3-17(7-8-19-4-2)12-9-10(14)5-6-11(12)13(15)16-18/h5-6,9,18H,3-4,7-8H2,1-2H3,(H2,15,16). The first-order valence-corrected chi connectivity index (χ1v) is 6.61. The van der Waals surface area contributed by atoms with Gasteiger partial charge < -0.3 is 20.6 Å². The van der Waals surface area contributed by atoms with E-state index in [0.717, 1.165) is 18.8 Å². The van der Waals surface area contributed by atoms with Crippen LogP contribution in [0, 0.1) is 0 Å². The summed E-state index contributed by atoms with van der Waals surface area (Å²) in [7, 11) is 0. The van der Waals surface area contributed by atoms with E-state index < -0.39 is 0 Å². The smallest absolute Gasteiger partial charge is 0.172 e. The molecule has 19 heavy (non-hydrogen) atoms. The molecule has 0 fully saturated rings. The molecule has 0 unspecified atom stereocenters. The summed E-state index contributed by atoms with van der Waals surface area (Å²) in [4.78, 5) is 2.08. The van der Waals surface area contributed by atoms with Gasteiger partial charge in [0.05, 0.1) is 6.61 Å². The van der Waals surface area contributed by atoms with Gasteiger partial charge in [-0.25, -0.2) is 0 Å². The molecule has 0 aliphatic heterocycles. The Morgan fingerprint density at radius 2 is 2.21 bits per heavy atom. The molecular weight excluding hydrogens is 266 g/mol. The molecule has 0 amide bonds. The van der Waals surface area contributed by atoms with Crippen molar-refractivity contribution in [2.45, 2.75) is 13.8 Å². The maximum Gasteiger partial charge on any atom is 0.172 e. The van der Waals surface area contributed by atoms with E-state index in [1.807, 2.05) is 19.9 Å². The first-order valence-electron chi connectivity index (χ1n) is 6.24. The summed E-state index contributed by atoms with van der Waals surface area (Å²) >= 11 is 6.03. The Labute approximate surface area is 118 Å². The van der Waals surface area contributed by atoms with Crippen molar-refractivity contribution in [2.24, 2.45) is 10.9 Å². The van der Waals surface area contributed by atoms with Crippen LogP contribution < -0.4 is 10.6 Å². The second-order valence-electron chi connectivity index (χ2n) is 3.92. The predicted molar refractivity (Wildman–Crippen MR) is 78.3 cm³/mol.